The van der Waals surface area contributed by atoms with E-state index < -0.39 is 0 Å². The summed E-state index contributed by atoms with van der Waals surface area (Å²) in [6.07, 6.45) is 3.25. The van der Waals surface area contributed by atoms with Gasteiger partial charge in [0.15, 0.2) is 5.69 Å². The second-order valence-corrected chi connectivity index (χ2v) is 4.18. The molecule has 3 aromatic rings. The number of carbonyl (C=O) groups is 1. The average Bonchev–Trinajstić information content (AvgIpc) is 2.91. The molecule has 2 N–H and O–H groups in total. The molecular formula is C14H12N4O2. The van der Waals surface area contributed by atoms with Gasteiger partial charge in [-0.15, -0.1) is 0 Å². The summed E-state index contributed by atoms with van der Waals surface area (Å²) < 4.78 is 5.11. The zero-order valence-electron chi connectivity index (χ0n) is 10.8. The number of fused-ring (bicyclic) bond motifs is 1. The smallest absolute Gasteiger partial charge is 0.276 e. The number of carbonyl (C=O) groups excluding carboxylic acids is 1. The van der Waals surface area contributed by atoms with Gasteiger partial charge in [-0.2, -0.15) is 5.10 Å². The minimum Gasteiger partial charge on any atom is -0.497 e. The fourth-order valence-corrected chi connectivity index (χ4v) is 1.92. The van der Waals surface area contributed by atoms with Gasteiger partial charge in [-0.25, -0.2) is 0 Å². The van der Waals surface area contributed by atoms with Crippen molar-refractivity contribution in [2.75, 3.05) is 12.4 Å². The first-order valence-electron chi connectivity index (χ1n) is 6.01. The standard InChI is InChI=1S/C14H12N4O2/c1-20-10-4-2-3-9(7-10)16-14(19)13-11-8-15-6-5-12(11)17-18-13/h2-8H,1H3,(H,16,19)(H,17,18). The predicted molar refractivity (Wildman–Crippen MR) is 74.8 cm³/mol. The first-order chi connectivity index (χ1) is 9.78. The number of nitrogens with zero attached hydrogens (tertiary/aromatic N) is 2. The summed E-state index contributed by atoms with van der Waals surface area (Å²) in [4.78, 5) is 16.2. The van der Waals surface area contributed by atoms with E-state index in [1.54, 1.807) is 43.8 Å². The Kier molecular flexibility index (Phi) is 3.04. The third kappa shape index (κ3) is 2.18. The predicted octanol–water partition coefficient (Wildman–Crippen LogP) is 2.22. The number of methoxy groups -OCH3 is 1. The Morgan fingerprint density at radius 3 is 3.10 bits per heavy atom. The van der Waals surface area contributed by atoms with Crippen LogP contribution in [0, 0.1) is 0 Å². The Bertz CT molecular complexity index is 766. The van der Waals surface area contributed by atoms with E-state index in [4.69, 9.17) is 4.74 Å². The summed E-state index contributed by atoms with van der Waals surface area (Å²) in [6, 6.07) is 8.91. The molecule has 100 valence electrons. The Morgan fingerprint density at radius 1 is 1.35 bits per heavy atom. The van der Waals surface area contributed by atoms with Crippen LogP contribution < -0.4 is 10.1 Å². The zero-order valence-corrected chi connectivity index (χ0v) is 10.8. The maximum Gasteiger partial charge on any atom is 0.276 e. The van der Waals surface area contributed by atoms with Gasteiger partial charge in [0.05, 0.1) is 18.0 Å². The minimum absolute atomic E-state index is 0.294. The Labute approximate surface area is 114 Å². The van der Waals surface area contributed by atoms with Crippen LogP contribution in [0.4, 0.5) is 5.69 Å². The molecule has 6 nitrogen and oxygen atoms in total. The van der Waals surface area contributed by atoms with Crippen LogP contribution in [0.3, 0.4) is 0 Å². The van der Waals surface area contributed by atoms with Crippen LogP contribution in [0.15, 0.2) is 42.7 Å². The van der Waals surface area contributed by atoms with E-state index in [0.29, 0.717) is 22.5 Å². The van der Waals surface area contributed by atoms with E-state index in [0.717, 1.165) is 5.52 Å². The number of aromatic amines is 1. The zero-order chi connectivity index (χ0) is 13.9. The van der Waals surface area contributed by atoms with Crippen molar-refractivity contribution in [2.45, 2.75) is 0 Å². The molecule has 0 atom stereocenters. The fourth-order valence-electron chi connectivity index (χ4n) is 1.92. The van der Waals surface area contributed by atoms with Gasteiger partial charge in [0.2, 0.25) is 0 Å². The SMILES string of the molecule is COc1cccc(NC(=O)c2n[nH]c3ccncc23)c1. The molecule has 3 rings (SSSR count). The lowest BCUT2D eigenvalue weighted by molar-refractivity contribution is 0.102. The molecule has 0 saturated carbocycles. The highest BCUT2D eigenvalue weighted by molar-refractivity contribution is 6.10. The summed E-state index contributed by atoms with van der Waals surface area (Å²) in [5.41, 5.74) is 1.74. The van der Waals surface area contributed by atoms with Crippen LogP contribution in [0.1, 0.15) is 10.5 Å². The van der Waals surface area contributed by atoms with Crippen molar-refractivity contribution < 1.29 is 9.53 Å². The van der Waals surface area contributed by atoms with Crippen molar-refractivity contribution in [1.29, 1.82) is 0 Å². The van der Waals surface area contributed by atoms with E-state index >= 15 is 0 Å². The molecule has 6 heteroatoms. The number of rotatable bonds is 3. The van der Waals surface area contributed by atoms with Crippen LogP contribution in [0.2, 0.25) is 0 Å². The first kappa shape index (κ1) is 12.2. The minimum atomic E-state index is -0.294. The molecule has 0 radical (unpaired) electrons. The van der Waals surface area contributed by atoms with Crippen LogP contribution in [0.5, 0.6) is 5.75 Å². The maximum absolute atomic E-state index is 12.2. The average molecular weight is 268 g/mol. The summed E-state index contributed by atoms with van der Waals surface area (Å²) >= 11 is 0. The molecule has 0 bridgehead atoms. The molecule has 0 fully saturated rings. The lowest BCUT2D eigenvalue weighted by atomic mass is 10.2. The van der Waals surface area contributed by atoms with Gasteiger partial charge in [-0.05, 0) is 18.2 Å². The molecule has 20 heavy (non-hydrogen) atoms. The number of anilines is 1. The van der Waals surface area contributed by atoms with Gasteiger partial charge in [-0.1, -0.05) is 6.07 Å². The Balaban J connectivity index is 1.89. The van der Waals surface area contributed by atoms with Crippen molar-refractivity contribution in [3.8, 4) is 5.75 Å². The number of H-pyrrole nitrogens is 1. The van der Waals surface area contributed by atoms with E-state index in [1.165, 1.54) is 0 Å². The van der Waals surface area contributed by atoms with Gasteiger partial charge in [-0.3, -0.25) is 14.9 Å². The molecule has 2 heterocycles. The number of benzene rings is 1. The fraction of sp³-hybridized carbons (Fsp3) is 0.0714. The maximum atomic E-state index is 12.2. The molecule has 1 aromatic carbocycles. The molecule has 0 unspecified atom stereocenters. The van der Waals surface area contributed by atoms with Gasteiger partial charge in [0.25, 0.3) is 5.91 Å². The molecule has 1 amide bonds. The van der Waals surface area contributed by atoms with Crippen molar-refractivity contribution in [1.82, 2.24) is 15.2 Å². The number of amides is 1. The van der Waals surface area contributed by atoms with E-state index in [2.05, 4.69) is 20.5 Å². The first-order valence-corrected chi connectivity index (χ1v) is 6.01. The number of pyridine rings is 1. The van der Waals surface area contributed by atoms with Crippen LogP contribution in [-0.2, 0) is 0 Å². The number of nitrogens with one attached hydrogen (secondary N) is 2. The summed E-state index contributed by atoms with van der Waals surface area (Å²) in [6.45, 7) is 0. The molecule has 0 saturated heterocycles. The third-order valence-corrected chi connectivity index (χ3v) is 2.91. The number of hydrogen-bond acceptors (Lipinski definition) is 4. The summed E-state index contributed by atoms with van der Waals surface area (Å²) in [5.74, 6) is 0.383. The second-order valence-electron chi connectivity index (χ2n) is 4.18. The number of hydrogen-bond donors (Lipinski definition) is 2. The molecule has 0 aliphatic heterocycles. The monoisotopic (exact) mass is 268 g/mol. The van der Waals surface area contributed by atoms with E-state index in [-0.39, 0.29) is 5.91 Å². The highest BCUT2D eigenvalue weighted by Gasteiger charge is 2.14. The van der Waals surface area contributed by atoms with Gasteiger partial charge in [0.1, 0.15) is 5.75 Å². The van der Waals surface area contributed by atoms with Gasteiger partial charge >= 0.3 is 0 Å². The van der Waals surface area contributed by atoms with Gasteiger partial charge < -0.3 is 10.1 Å². The molecule has 0 spiro atoms. The highest BCUT2D eigenvalue weighted by Crippen LogP contribution is 2.19. The summed E-state index contributed by atoms with van der Waals surface area (Å²) in [5, 5.41) is 10.3. The van der Waals surface area contributed by atoms with Crippen molar-refractivity contribution in [3.05, 3.63) is 48.4 Å². The normalized spacial score (nSPS) is 10.4. The van der Waals surface area contributed by atoms with E-state index in [1.807, 2.05) is 6.07 Å². The lowest BCUT2D eigenvalue weighted by Crippen LogP contribution is -2.12. The van der Waals surface area contributed by atoms with Crippen LogP contribution in [-0.4, -0.2) is 28.2 Å². The van der Waals surface area contributed by atoms with Gasteiger partial charge in [0, 0.05) is 24.1 Å². The highest BCUT2D eigenvalue weighted by atomic mass is 16.5. The molecule has 0 aliphatic rings. The number of aromatic nitrogens is 3. The topological polar surface area (TPSA) is 79.9 Å². The third-order valence-electron chi connectivity index (χ3n) is 2.91. The summed E-state index contributed by atoms with van der Waals surface area (Å²) in [7, 11) is 1.58. The quantitative estimate of drug-likeness (QED) is 0.763. The Hall–Kier alpha value is -2.89. The van der Waals surface area contributed by atoms with Crippen molar-refractivity contribution in [2.24, 2.45) is 0 Å². The van der Waals surface area contributed by atoms with Crippen LogP contribution in [0.25, 0.3) is 10.9 Å². The molecular weight excluding hydrogens is 256 g/mol. The lowest BCUT2D eigenvalue weighted by Gasteiger charge is -2.05. The van der Waals surface area contributed by atoms with Crippen LogP contribution >= 0.6 is 0 Å². The molecule has 0 aliphatic carbocycles. The second kappa shape index (κ2) is 5.00. The Morgan fingerprint density at radius 2 is 2.25 bits per heavy atom. The van der Waals surface area contributed by atoms with E-state index in [9.17, 15) is 4.79 Å². The number of ether oxygens (including phenoxy) is 1. The largest absolute Gasteiger partial charge is 0.497 e. The molecule has 2 aromatic heterocycles. The van der Waals surface area contributed by atoms with Crippen molar-refractivity contribution in [3.63, 3.8) is 0 Å². The van der Waals surface area contributed by atoms with Crippen molar-refractivity contribution >= 4 is 22.5 Å².